The molecule has 0 aliphatic carbocycles. The van der Waals surface area contributed by atoms with Gasteiger partial charge in [-0.05, 0) is 36.6 Å². The van der Waals surface area contributed by atoms with Gasteiger partial charge in [0.15, 0.2) is 0 Å². The highest BCUT2D eigenvalue weighted by molar-refractivity contribution is 7.88. The van der Waals surface area contributed by atoms with E-state index >= 15 is 0 Å². The second-order valence-corrected chi connectivity index (χ2v) is 6.59. The Hall–Kier alpha value is -1.07. The summed E-state index contributed by atoms with van der Waals surface area (Å²) in [5.41, 5.74) is 1.78. The maximum Gasteiger partial charge on any atom is 0.215 e. The van der Waals surface area contributed by atoms with E-state index in [1.54, 1.807) is 7.11 Å². The third-order valence-electron chi connectivity index (χ3n) is 2.72. The van der Waals surface area contributed by atoms with Crippen molar-refractivity contribution in [3.8, 4) is 5.75 Å². The largest absolute Gasteiger partial charge is 0.496 e. The molecule has 102 valence electrons. The van der Waals surface area contributed by atoms with Crippen LogP contribution in [0.4, 0.5) is 0 Å². The fourth-order valence-electron chi connectivity index (χ4n) is 1.85. The molecule has 1 rings (SSSR count). The quantitative estimate of drug-likeness (QED) is 0.860. The maximum absolute atomic E-state index is 11.7. The zero-order valence-electron chi connectivity index (χ0n) is 11.4. The Morgan fingerprint density at radius 2 is 2.00 bits per heavy atom. The molecule has 0 atom stereocenters. The molecule has 0 bridgehead atoms. The predicted octanol–water partition coefficient (Wildman–Crippen LogP) is 1.94. The second-order valence-electron chi connectivity index (χ2n) is 4.66. The fourth-order valence-corrected chi connectivity index (χ4v) is 2.68. The van der Waals surface area contributed by atoms with Gasteiger partial charge in [-0.25, -0.2) is 13.1 Å². The van der Waals surface area contributed by atoms with Crippen LogP contribution in [0.15, 0.2) is 18.2 Å². The fraction of sp³-hybridized carbons (Fsp3) is 0.538. The average molecular weight is 271 g/mol. The number of hydrogen-bond acceptors (Lipinski definition) is 3. The van der Waals surface area contributed by atoms with Gasteiger partial charge < -0.3 is 4.74 Å². The first kappa shape index (κ1) is 15.0. The second kappa shape index (κ2) is 6.20. The molecule has 0 aromatic heterocycles. The van der Waals surface area contributed by atoms with Crippen LogP contribution in [0.2, 0.25) is 0 Å². The van der Waals surface area contributed by atoms with Crippen LogP contribution >= 0.6 is 0 Å². The molecule has 4 nitrogen and oxygen atoms in total. The molecule has 0 unspecified atom stereocenters. The summed E-state index contributed by atoms with van der Waals surface area (Å²) in [6.45, 7) is 4.20. The van der Waals surface area contributed by atoms with Crippen molar-refractivity contribution in [1.29, 1.82) is 0 Å². The third kappa shape index (κ3) is 3.99. The van der Waals surface area contributed by atoms with Gasteiger partial charge in [-0.3, -0.25) is 0 Å². The predicted molar refractivity (Wildman–Crippen MR) is 73.2 cm³/mol. The third-order valence-corrected chi connectivity index (χ3v) is 4.03. The van der Waals surface area contributed by atoms with Crippen molar-refractivity contribution in [3.63, 3.8) is 0 Å². The van der Waals surface area contributed by atoms with E-state index < -0.39 is 10.0 Å². The molecule has 0 saturated carbocycles. The monoisotopic (exact) mass is 271 g/mol. The van der Waals surface area contributed by atoms with E-state index in [0.29, 0.717) is 5.92 Å². The van der Waals surface area contributed by atoms with Crippen LogP contribution in [-0.4, -0.2) is 22.6 Å². The first-order valence-corrected chi connectivity index (χ1v) is 7.60. The Morgan fingerprint density at radius 3 is 2.50 bits per heavy atom. The maximum atomic E-state index is 11.7. The summed E-state index contributed by atoms with van der Waals surface area (Å²) >= 11 is 0. The SMILES string of the molecule is CNS(=O)(=O)Cc1cccc(OC)c1CC(C)C. The van der Waals surface area contributed by atoms with Crippen LogP contribution in [0.25, 0.3) is 0 Å². The molecule has 0 heterocycles. The minimum Gasteiger partial charge on any atom is -0.496 e. The summed E-state index contributed by atoms with van der Waals surface area (Å²) in [7, 11) is -0.227. The lowest BCUT2D eigenvalue weighted by Crippen LogP contribution is -2.21. The molecule has 0 amide bonds. The summed E-state index contributed by atoms with van der Waals surface area (Å²) < 4.78 is 31.0. The van der Waals surface area contributed by atoms with Crippen LogP contribution in [0, 0.1) is 5.92 Å². The lowest BCUT2D eigenvalue weighted by molar-refractivity contribution is 0.406. The average Bonchev–Trinajstić information content (AvgIpc) is 2.30. The van der Waals surface area contributed by atoms with Gasteiger partial charge in [-0.15, -0.1) is 0 Å². The van der Waals surface area contributed by atoms with Crippen molar-refractivity contribution >= 4 is 10.0 Å². The molecule has 0 spiro atoms. The minimum absolute atomic E-state index is 0.0112. The molecule has 0 radical (unpaired) electrons. The van der Waals surface area contributed by atoms with Gasteiger partial charge in [0.05, 0.1) is 12.9 Å². The van der Waals surface area contributed by atoms with Gasteiger partial charge in [-0.2, -0.15) is 0 Å². The number of rotatable bonds is 6. The van der Waals surface area contributed by atoms with E-state index in [1.807, 2.05) is 18.2 Å². The molecule has 0 fully saturated rings. The zero-order chi connectivity index (χ0) is 13.8. The van der Waals surface area contributed by atoms with Gasteiger partial charge >= 0.3 is 0 Å². The number of methoxy groups -OCH3 is 1. The first-order chi connectivity index (χ1) is 8.39. The van der Waals surface area contributed by atoms with E-state index in [-0.39, 0.29) is 5.75 Å². The number of ether oxygens (including phenoxy) is 1. The van der Waals surface area contributed by atoms with Crippen LogP contribution in [-0.2, 0) is 22.2 Å². The Kier molecular flexibility index (Phi) is 5.16. The molecule has 0 saturated heterocycles. The highest BCUT2D eigenvalue weighted by atomic mass is 32.2. The van der Waals surface area contributed by atoms with E-state index in [9.17, 15) is 8.42 Å². The van der Waals surface area contributed by atoms with Gasteiger partial charge in [0.1, 0.15) is 5.75 Å². The topological polar surface area (TPSA) is 55.4 Å². The minimum atomic E-state index is -3.26. The van der Waals surface area contributed by atoms with Gasteiger partial charge in [0, 0.05) is 0 Å². The Morgan fingerprint density at radius 1 is 1.33 bits per heavy atom. The van der Waals surface area contributed by atoms with Crippen LogP contribution in [0.5, 0.6) is 5.75 Å². The van der Waals surface area contributed by atoms with Crippen molar-refractivity contribution in [1.82, 2.24) is 4.72 Å². The van der Waals surface area contributed by atoms with E-state index in [0.717, 1.165) is 23.3 Å². The number of nitrogens with one attached hydrogen (secondary N) is 1. The standard InChI is InChI=1S/C13H21NO3S/c1-10(2)8-12-11(9-18(15,16)14-3)6-5-7-13(12)17-4/h5-7,10,14H,8-9H2,1-4H3. The van der Waals surface area contributed by atoms with Crippen LogP contribution < -0.4 is 9.46 Å². The molecule has 0 aliphatic heterocycles. The molecule has 0 aliphatic rings. The Labute approximate surface area is 109 Å². The summed E-state index contributed by atoms with van der Waals surface area (Å²) in [5, 5.41) is 0. The Bertz CT molecular complexity index is 495. The van der Waals surface area contributed by atoms with Gasteiger partial charge in [0.2, 0.25) is 10.0 Å². The summed E-state index contributed by atoms with van der Waals surface area (Å²) in [5.74, 6) is 1.19. The molecule has 5 heteroatoms. The molecule has 1 aromatic rings. The van der Waals surface area contributed by atoms with Crippen LogP contribution in [0.1, 0.15) is 25.0 Å². The van der Waals surface area contributed by atoms with Crippen molar-refractivity contribution in [2.75, 3.05) is 14.2 Å². The zero-order valence-corrected chi connectivity index (χ0v) is 12.2. The van der Waals surface area contributed by atoms with Gasteiger partial charge in [-0.1, -0.05) is 26.0 Å². The molecule has 1 aromatic carbocycles. The molecule has 18 heavy (non-hydrogen) atoms. The van der Waals surface area contributed by atoms with Gasteiger partial charge in [0.25, 0.3) is 0 Å². The lowest BCUT2D eigenvalue weighted by Gasteiger charge is -2.15. The Balaban J connectivity index is 3.17. The molecular formula is C13H21NO3S. The number of hydrogen-bond donors (Lipinski definition) is 1. The summed E-state index contributed by atoms with van der Waals surface area (Å²) in [6.07, 6.45) is 0.804. The van der Waals surface area contributed by atoms with Crippen molar-refractivity contribution in [2.45, 2.75) is 26.0 Å². The van der Waals surface area contributed by atoms with Crippen molar-refractivity contribution in [2.24, 2.45) is 5.92 Å². The lowest BCUT2D eigenvalue weighted by atomic mass is 9.98. The van der Waals surface area contributed by atoms with Crippen LogP contribution in [0.3, 0.4) is 0 Å². The summed E-state index contributed by atoms with van der Waals surface area (Å²) in [6, 6.07) is 5.53. The molecular weight excluding hydrogens is 250 g/mol. The van der Waals surface area contributed by atoms with Crippen molar-refractivity contribution in [3.05, 3.63) is 29.3 Å². The highest BCUT2D eigenvalue weighted by Gasteiger charge is 2.16. The van der Waals surface area contributed by atoms with Crippen molar-refractivity contribution < 1.29 is 13.2 Å². The number of sulfonamides is 1. The normalized spacial score (nSPS) is 11.8. The van der Waals surface area contributed by atoms with E-state index in [2.05, 4.69) is 18.6 Å². The van der Waals surface area contributed by atoms with E-state index in [4.69, 9.17) is 4.74 Å². The molecule has 1 N–H and O–H groups in total. The first-order valence-electron chi connectivity index (χ1n) is 5.95. The number of benzene rings is 1. The highest BCUT2D eigenvalue weighted by Crippen LogP contribution is 2.26. The summed E-state index contributed by atoms with van der Waals surface area (Å²) in [4.78, 5) is 0. The van der Waals surface area contributed by atoms with E-state index in [1.165, 1.54) is 7.05 Å². The smallest absolute Gasteiger partial charge is 0.215 e.